The monoisotopic (exact) mass is 367 g/mol. The summed E-state index contributed by atoms with van der Waals surface area (Å²) in [6, 6.07) is 25.6. The van der Waals surface area contributed by atoms with Crippen LogP contribution in [0.2, 0.25) is 5.02 Å². The minimum absolute atomic E-state index is 0.424. The van der Waals surface area contributed by atoms with Gasteiger partial charge in [-0.3, -0.25) is 0 Å². The van der Waals surface area contributed by atoms with Crippen molar-refractivity contribution in [2.24, 2.45) is 0 Å². The van der Waals surface area contributed by atoms with Crippen LogP contribution in [0.15, 0.2) is 78.9 Å². The van der Waals surface area contributed by atoms with Crippen LogP contribution in [-0.2, 0) is 13.2 Å². The summed E-state index contributed by atoms with van der Waals surface area (Å²) in [7, 11) is 0. The largest absolute Gasteiger partial charge is 0.489 e. The standard InChI is InChI=1S/C21H18ClNOS/c22-20-12-5-4-9-18(20)15-24-19-11-6-10-17(13-19)21(25)23-14-16-7-2-1-3-8-16/h1-13H,14-15H2,(H,23,25). The fraction of sp³-hybridized carbons (Fsp3) is 0.0952. The van der Waals surface area contributed by atoms with Crippen LogP contribution in [0.3, 0.4) is 0 Å². The van der Waals surface area contributed by atoms with Crippen LogP contribution in [0.5, 0.6) is 5.75 Å². The summed E-state index contributed by atoms with van der Waals surface area (Å²) < 4.78 is 5.85. The van der Waals surface area contributed by atoms with Crippen LogP contribution in [0, 0.1) is 0 Å². The Hall–Kier alpha value is -2.36. The number of hydrogen-bond acceptors (Lipinski definition) is 2. The van der Waals surface area contributed by atoms with E-state index in [0.29, 0.717) is 23.2 Å². The van der Waals surface area contributed by atoms with Gasteiger partial charge in [-0.15, -0.1) is 0 Å². The van der Waals surface area contributed by atoms with Crippen molar-refractivity contribution in [2.45, 2.75) is 13.2 Å². The molecule has 0 saturated carbocycles. The Balaban J connectivity index is 1.61. The molecular formula is C21H18ClNOS. The quantitative estimate of drug-likeness (QED) is 0.590. The Kier molecular flexibility index (Phi) is 6.04. The summed E-state index contributed by atoms with van der Waals surface area (Å²) in [6.07, 6.45) is 0. The van der Waals surface area contributed by atoms with Crippen LogP contribution >= 0.6 is 23.8 Å². The Morgan fingerprint density at radius 2 is 1.68 bits per heavy atom. The normalized spacial score (nSPS) is 10.3. The molecule has 2 nitrogen and oxygen atoms in total. The third-order valence-corrected chi connectivity index (χ3v) is 4.49. The van der Waals surface area contributed by atoms with Crippen LogP contribution in [0.25, 0.3) is 0 Å². The summed E-state index contributed by atoms with van der Waals surface area (Å²) in [6.45, 7) is 1.12. The minimum atomic E-state index is 0.424. The molecule has 0 saturated heterocycles. The highest BCUT2D eigenvalue weighted by atomic mass is 35.5. The number of nitrogens with one attached hydrogen (secondary N) is 1. The molecule has 3 aromatic carbocycles. The number of rotatable bonds is 6. The minimum Gasteiger partial charge on any atom is -0.489 e. The molecule has 0 fully saturated rings. The van der Waals surface area contributed by atoms with Crippen molar-refractivity contribution in [2.75, 3.05) is 0 Å². The van der Waals surface area contributed by atoms with Gasteiger partial charge in [-0.2, -0.15) is 0 Å². The molecule has 0 aliphatic carbocycles. The smallest absolute Gasteiger partial charge is 0.120 e. The van der Waals surface area contributed by atoms with Gasteiger partial charge in [-0.25, -0.2) is 0 Å². The first-order valence-electron chi connectivity index (χ1n) is 8.01. The molecule has 0 heterocycles. The molecule has 0 aliphatic rings. The Morgan fingerprint density at radius 3 is 2.48 bits per heavy atom. The molecule has 3 aromatic rings. The third kappa shape index (κ3) is 5.05. The van der Waals surface area contributed by atoms with E-state index < -0.39 is 0 Å². The fourth-order valence-electron chi connectivity index (χ4n) is 2.38. The second kappa shape index (κ2) is 8.65. The zero-order valence-corrected chi connectivity index (χ0v) is 15.2. The van der Waals surface area contributed by atoms with Gasteiger partial charge in [-0.1, -0.05) is 84.5 Å². The molecule has 0 bridgehead atoms. The van der Waals surface area contributed by atoms with Crippen molar-refractivity contribution in [1.29, 1.82) is 0 Å². The zero-order valence-electron chi connectivity index (χ0n) is 13.6. The molecule has 25 heavy (non-hydrogen) atoms. The van der Waals surface area contributed by atoms with Gasteiger partial charge in [-0.05, 0) is 23.8 Å². The molecule has 4 heteroatoms. The lowest BCUT2D eigenvalue weighted by Crippen LogP contribution is -2.21. The van der Waals surface area contributed by atoms with Crippen molar-refractivity contribution >= 4 is 28.8 Å². The van der Waals surface area contributed by atoms with E-state index in [2.05, 4.69) is 17.4 Å². The first-order chi connectivity index (χ1) is 12.2. The number of halogens is 1. The molecule has 0 aromatic heterocycles. The lowest BCUT2D eigenvalue weighted by molar-refractivity contribution is 0.306. The molecule has 126 valence electrons. The summed E-state index contributed by atoms with van der Waals surface area (Å²) >= 11 is 11.7. The van der Waals surface area contributed by atoms with Crippen LogP contribution in [0.1, 0.15) is 16.7 Å². The summed E-state index contributed by atoms with van der Waals surface area (Å²) in [5.41, 5.74) is 3.08. The predicted octanol–water partition coefficient (Wildman–Crippen LogP) is 5.38. The first-order valence-corrected chi connectivity index (χ1v) is 8.79. The molecule has 1 N–H and O–H groups in total. The topological polar surface area (TPSA) is 21.3 Å². The van der Waals surface area contributed by atoms with Crippen molar-refractivity contribution in [3.8, 4) is 5.75 Å². The van der Waals surface area contributed by atoms with Crippen molar-refractivity contribution < 1.29 is 4.74 Å². The van der Waals surface area contributed by atoms with E-state index in [1.165, 1.54) is 5.56 Å². The summed E-state index contributed by atoms with van der Waals surface area (Å²) in [4.78, 5) is 0.701. The van der Waals surface area contributed by atoms with Crippen LogP contribution < -0.4 is 10.1 Å². The van der Waals surface area contributed by atoms with E-state index in [9.17, 15) is 0 Å². The molecule has 0 aliphatic heterocycles. The highest BCUT2D eigenvalue weighted by Crippen LogP contribution is 2.19. The SMILES string of the molecule is S=C(NCc1ccccc1)c1cccc(OCc2ccccc2Cl)c1. The van der Waals surface area contributed by atoms with Gasteiger partial charge < -0.3 is 10.1 Å². The van der Waals surface area contributed by atoms with Gasteiger partial charge in [0.25, 0.3) is 0 Å². The highest BCUT2D eigenvalue weighted by molar-refractivity contribution is 7.80. The van der Waals surface area contributed by atoms with Gasteiger partial charge in [0, 0.05) is 22.7 Å². The van der Waals surface area contributed by atoms with Crippen LogP contribution in [-0.4, -0.2) is 4.99 Å². The van der Waals surface area contributed by atoms with Gasteiger partial charge in [0.2, 0.25) is 0 Å². The summed E-state index contributed by atoms with van der Waals surface area (Å²) in [5, 5.41) is 3.99. The summed E-state index contributed by atoms with van der Waals surface area (Å²) in [5.74, 6) is 0.765. The predicted molar refractivity (Wildman–Crippen MR) is 107 cm³/mol. The molecule has 0 amide bonds. The lowest BCUT2D eigenvalue weighted by atomic mass is 10.2. The second-order valence-corrected chi connectivity index (χ2v) is 6.39. The van der Waals surface area contributed by atoms with Gasteiger partial charge >= 0.3 is 0 Å². The van der Waals surface area contributed by atoms with E-state index >= 15 is 0 Å². The number of benzene rings is 3. The zero-order chi connectivity index (χ0) is 17.5. The average molecular weight is 368 g/mol. The second-order valence-electron chi connectivity index (χ2n) is 5.58. The average Bonchev–Trinajstić information content (AvgIpc) is 2.66. The fourth-order valence-corrected chi connectivity index (χ4v) is 2.77. The maximum Gasteiger partial charge on any atom is 0.120 e. The number of hydrogen-bond donors (Lipinski definition) is 1. The number of thiocarbonyl (C=S) groups is 1. The number of ether oxygens (including phenoxy) is 1. The van der Waals surface area contributed by atoms with Crippen molar-refractivity contribution in [1.82, 2.24) is 5.32 Å². The van der Waals surface area contributed by atoms with Gasteiger partial charge in [0.15, 0.2) is 0 Å². The maximum absolute atomic E-state index is 6.16. The van der Waals surface area contributed by atoms with E-state index in [1.54, 1.807) is 0 Å². The third-order valence-electron chi connectivity index (χ3n) is 3.74. The molecule has 0 unspecified atom stereocenters. The molecule has 0 radical (unpaired) electrons. The van der Waals surface area contributed by atoms with E-state index in [1.807, 2.05) is 66.7 Å². The molecule has 0 atom stereocenters. The Morgan fingerprint density at radius 1 is 0.920 bits per heavy atom. The van der Waals surface area contributed by atoms with Crippen LogP contribution in [0.4, 0.5) is 0 Å². The maximum atomic E-state index is 6.16. The van der Waals surface area contributed by atoms with E-state index in [-0.39, 0.29) is 0 Å². The van der Waals surface area contributed by atoms with Crippen molar-refractivity contribution in [3.63, 3.8) is 0 Å². The first kappa shape index (κ1) is 17.5. The lowest BCUT2D eigenvalue weighted by Gasteiger charge is -2.11. The molecule has 0 spiro atoms. The molecule has 3 rings (SSSR count). The van der Waals surface area contributed by atoms with Crippen molar-refractivity contribution in [3.05, 3.63) is 101 Å². The van der Waals surface area contributed by atoms with Gasteiger partial charge in [0.05, 0.1) is 0 Å². The van der Waals surface area contributed by atoms with E-state index in [0.717, 1.165) is 16.9 Å². The molecular weight excluding hydrogens is 350 g/mol. The highest BCUT2D eigenvalue weighted by Gasteiger charge is 2.05. The van der Waals surface area contributed by atoms with Gasteiger partial charge in [0.1, 0.15) is 17.3 Å². The Bertz CT molecular complexity index is 851. The van der Waals surface area contributed by atoms with E-state index in [4.69, 9.17) is 28.6 Å². The Labute approximate surface area is 158 Å².